The summed E-state index contributed by atoms with van der Waals surface area (Å²) in [6.45, 7) is 6.27. The molecule has 1 aromatic heterocycles. The fourth-order valence-electron chi connectivity index (χ4n) is 0.901. The third-order valence-corrected chi connectivity index (χ3v) is 3.59. The zero-order chi connectivity index (χ0) is 10.7. The zero-order valence-electron chi connectivity index (χ0n) is 7.76. The molecule has 3 nitrogen and oxygen atoms in total. The van der Waals surface area contributed by atoms with Gasteiger partial charge in [-0.25, -0.2) is 4.68 Å². The summed E-state index contributed by atoms with van der Waals surface area (Å²) in [6.07, 6.45) is 2.37. The molecule has 5 heteroatoms. The molecule has 0 fully saturated rings. The lowest BCUT2D eigenvalue weighted by molar-refractivity contribution is 0.572. The smallest absolute Gasteiger partial charge is 0.266 e. The maximum atomic E-state index is 11.6. The van der Waals surface area contributed by atoms with Crippen molar-refractivity contribution in [3.8, 4) is 0 Å². The molecule has 0 spiro atoms. The van der Waals surface area contributed by atoms with E-state index in [0.717, 1.165) is 12.0 Å². The number of nitrogens with zero attached hydrogens (tertiary/aromatic N) is 2. The highest BCUT2D eigenvalue weighted by Crippen LogP contribution is 2.16. The maximum Gasteiger partial charge on any atom is 0.282 e. The second kappa shape index (κ2) is 4.89. The largest absolute Gasteiger partial charge is 0.282 e. The molecule has 0 aliphatic carbocycles. The second-order valence-electron chi connectivity index (χ2n) is 3.04. The molecule has 0 saturated heterocycles. The third kappa shape index (κ3) is 2.78. The van der Waals surface area contributed by atoms with Gasteiger partial charge in [0, 0.05) is 6.54 Å². The summed E-state index contributed by atoms with van der Waals surface area (Å²) in [4.78, 5) is 11.6. The molecule has 1 aromatic rings. The Balaban J connectivity index is 2.95. The number of aromatic nitrogens is 2. The van der Waals surface area contributed by atoms with Gasteiger partial charge in [-0.15, -0.1) is 6.58 Å². The summed E-state index contributed by atoms with van der Waals surface area (Å²) in [5.74, 6) is 0. The van der Waals surface area contributed by atoms with Gasteiger partial charge in [-0.2, -0.15) is 5.10 Å². The fraction of sp³-hybridized carbons (Fsp3) is 0.333. The first-order valence-electron chi connectivity index (χ1n) is 4.08. The third-order valence-electron chi connectivity index (χ3n) is 1.69. The van der Waals surface area contributed by atoms with Crippen LogP contribution in [0.2, 0.25) is 0 Å². The normalized spacial score (nSPS) is 10.2. The second-order valence-corrected chi connectivity index (χ2v) is 4.69. The molecule has 0 bridgehead atoms. The van der Waals surface area contributed by atoms with Crippen molar-refractivity contribution in [3.05, 3.63) is 37.6 Å². The lowest BCUT2D eigenvalue weighted by Gasteiger charge is -2.04. The van der Waals surface area contributed by atoms with Gasteiger partial charge in [0.25, 0.3) is 5.56 Å². The van der Waals surface area contributed by atoms with Crippen LogP contribution in [0.15, 0.2) is 32.1 Å². The van der Waals surface area contributed by atoms with Gasteiger partial charge < -0.3 is 0 Å². The molecule has 0 aromatic carbocycles. The van der Waals surface area contributed by atoms with Crippen LogP contribution in [0.25, 0.3) is 0 Å². The minimum absolute atomic E-state index is 0.124. The van der Waals surface area contributed by atoms with Crippen molar-refractivity contribution in [2.75, 3.05) is 0 Å². The van der Waals surface area contributed by atoms with Gasteiger partial charge >= 0.3 is 0 Å². The molecule has 1 rings (SSSR count). The van der Waals surface area contributed by atoms with Gasteiger partial charge in [0.1, 0.15) is 4.47 Å². The standard InChI is InChI=1S/C9H10Br2N2O/c1-6(2)3-4-13-9(14)8(11)7(10)5-12-13/h5H,1,3-4H2,2H3. The Bertz CT molecular complexity index is 412. The molecule has 1 heterocycles. The van der Waals surface area contributed by atoms with Gasteiger partial charge in [-0.05, 0) is 45.2 Å². The molecule has 0 aliphatic rings. The van der Waals surface area contributed by atoms with Gasteiger partial charge in [0.2, 0.25) is 0 Å². The summed E-state index contributed by atoms with van der Waals surface area (Å²) in [7, 11) is 0. The molecule has 0 saturated carbocycles. The average molecular weight is 322 g/mol. The predicted molar refractivity (Wildman–Crippen MR) is 63.3 cm³/mol. The van der Waals surface area contributed by atoms with E-state index in [0.29, 0.717) is 15.5 Å². The molecule has 0 unspecified atom stereocenters. The molecule has 0 atom stereocenters. The Hall–Kier alpha value is -0.420. The van der Waals surface area contributed by atoms with Crippen LogP contribution in [0, 0.1) is 0 Å². The maximum absolute atomic E-state index is 11.6. The molecule has 76 valence electrons. The number of hydrogen-bond donors (Lipinski definition) is 0. The van der Waals surface area contributed by atoms with Crippen LogP contribution in [0.4, 0.5) is 0 Å². The molecular weight excluding hydrogens is 312 g/mol. The SMILES string of the molecule is C=C(C)CCn1ncc(Br)c(Br)c1=O. The van der Waals surface area contributed by atoms with Crippen LogP contribution in [0.1, 0.15) is 13.3 Å². The minimum atomic E-state index is -0.124. The topological polar surface area (TPSA) is 34.9 Å². The van der Waals surface area contributed by atoms with Crippen molar-refractivity contribution in [1.29, 1.82) is 0 Å². The van der Waals surface area contributed by atoms with Crippen molar-refractivity contribution >= 4 is 31.9 Å². The Labute approximate surface area is 99.1 Å². The van der Waals surface area contributed by atoms with Crippen LogP contribution >= 0.6 is 31.9 Å². The van der Waals surface area contributed by atoms with Crippen molar-refractivity contribution in [1.82, 2.24) is 9.78 Å². The van der Waals surface area contributed by atoms with Gasteiger partial charge in [-0.1, -0.05) is 5.57 Å². The molecule has 14 heavy (non-hydrogen) atoms. The van der Waals surface area contributed by atoms with E-state index in [9.17, 15) is 4.79 Å². The first kappa shape index (κ1) is 11.7. The summed E-state index contributed by atoms with van der Waals surface area (Å²) >= 11 is 6.41. The van der Waals surface area contributed by atoms with Gasteiger partial charge in [0.15, 0.2) is 0 Å². The Kier molecular flexibility index (Phi) is 4.07. The minimum Gasteiger partial charge on any atom is -0.266 e. The summed E-state index contributed by atoms with van der Waals surface area (Å²) < 4.78 is 2.60. The Morgan fingerprint density at radius 3 is 2.86 bits per heavy atom. The molecule has 0 aliphatic heterocycles. The number of aryl methyl sites for hydroxylation is 1. The first-order valence-corrected chi connectivity index (χ1v) is 5.66. The Morgan fingerprint density at radius 1 is 1.64 bits per heavy atom. The number of rotatable bonds is 3. The molecular formula is C9H10Br2N2O. The van der Waals surface area contributed by atoms with Gasteiger partial charge in [0.05, 0.1) is 10.7 Å². The summed E-state index contributed by atoms with van der Waals surface area (Å²) in [5.41, 5.74) is 0.915. The lowest BCUT2D eigenvalue weighted by Crippen LogP contribution is -2.23. The zero-order valence-corrected chi connectivity index (χ0v) is 10.9. The van der Waals surface area contributed by atoms with E-state index in [4.69, 9.17) is 0 Å². The van der Waals surface area contributed by atoms with E-state index in [1.807, 2.05) is 6.92 Å². The van der Waals surface area contributed by atoms with E-state index >= 15 is 0 Å². The quantitative estimate of drug-likeness (QED) is 0.802. The predicted octanol–water partition coefficient (Wildman–Crippen LogP) is 2.73. The first-order chi connectivity index (χ1) is 6.52. The molecule has 0 N–H and O–H groups in total. The van der Waals surface area contributed by atoms with E-state index in [2.05, 4.69) is 43.5 Å². The van der Waals surface area contributed by atoms with Crippen LogP contribution in [0.3, 0.4) is 0 Å². The van der Waals surface area contributed by atoms with E-state index in [1.54, 1.807) is 6.20 Å². The lowest BCUT2D eigenvalue weighted by atomic mass is 10.2. The van der Waals surface area contributed by atoms with E-state index < -0.39 is 0 Å². The summed E-state index contributed by atoms with van der Waals surface area (Å²) in [6, 6.07) is 0. The number of halogens is 2. The highest BCUT2D eigenvalue weighted by molar-refractivity contribution is 9.13. The summed E-state index contributed by atoms with van der Waals surface area (Å²) in [5, 5.41) is 4.00. The number of allylic oxidation sites excluding steroid dienone is 1. The average Bonchev–Trinajstić information content (AvgIpc) is 2.13. The van der Waals surface area contributed by atoms with Crippen LogP contribution in [0.5, 0.6) is 0 Å². The highest BCUT2D eigenvalue weighted by Gasteiger charge is 2.05. The van der Waals surface area contributed by atoms with Crippen molar-refractivity contribution in [3.63, 3.8) is 0 Å². The number of hydrogen-bond acceptors (Lipinski definition) is 2. The van der Waals surface area contributed by atoms with E-state index in [-0.39, 0.29) is 5.56 Å². The Morgan fingerprint density at radius 2 is 2.29 bits per heavy atom. The van der Waals surface area contributed by atoms with E-state index in [1.165, 1.54) is 4.68 Å². The van der Waals surface area contributed by atoms with Crippen molar-refractivity contribution in [2.45, 2.75) is 19.9 Å². The monoisotopic (exact) mass is 320 g/mol. The fourth-order valence-corrected chi connectivity index (χ4v) is 1.47. The van der Waals surface area contributed by atoms with Crippen LogP contribution in [-0.4, -0.2) is 9.78 Å². The molecule has 0 amide bonds. The van der Waals surface area contributed by atoms with Crippen molar-refractivity contribution in [2.24, 2.45) is 0 Å². The molecule has 0 radical (unpaired) electrons. The van der Waals surface area contributed by atoms with Crippen LogP contribution < -0.4 is 5.56 Å². The van der Waals surface area contributed by atoms with Crippen LogP contribution in [-0.2, 0) is 6.54 Å². The van der Waals surface area contributed by atoms with Crippen molar-refractivity contribution < 1.29 is 0 Å². The van der Waals surface area contributed by atoms with Gasteiger partial charge in [-0.3, -0.25) is 4.79 Å². The highest BCUT2D eigenvalue weighted by atomic mass is 79.9.